The van der Waals surface area contributed by atoms with Gasteiger partial charge in [-0.05, 0) is 22.6 Å². The first-order valence-corrected chi connectivity index (χ1v) is 4.88. The molecule has 5 nitrogen and oxygen atoms in total. The first kappa shape index (κ1) is 10.1. The lowest BCUT2D eigenvalue weighted by atomic mass is 10.0. The number of aliphatic hydroxyl groups excluding tert-OH is 3. The van der Waals surface area contributed by atoms with E-state index in [0.29, 0.717) is 0 Å². The average molecular weight is 305 g/mol. The Morgan fingerprint density at radius 1 is 1.54 bits per heavy atom. The summed E-state index contributed by atoms with van der Waals surface area (Å²) < 4.78 is 16.1. The summed E-state index contributed by atoms with van der Waals surface area (Å²) in [6, 6.07) is 0. The van der Waals surface area contributed by atoms with Gasteiger partial charge >= 0.3 is 0 Å². The van der Waals surface area contributed by atoms with Crippen LogP contribution in [0.25, 0.3) is 0 Å². The van der Waals surface area contributed by atoms with Gasteiger partial charge in [0.2, 0.25) is 0 Å². The fraction of sp³-hybridized carbons (Fsp3) is 1.00. The summed E-state index contributed by atoms with van der Waals surface area (Å²) in [4.78, 5) is 0. The lowest BCUT2D eigenvalue weighted by Gasteiger charge is -2.39. The number of halogens is 1. The summed E-state index contributed by atoms with van der Waals surface area (Å²) in [6.07, 6.45) is -4.37. The molecule has 0 radical (unpaired) electrons. The molecule has 5 atom stereocenters. The number of ether oxygens (including phenoxy) is 2. The Morgan fingerprint density at radius 3 is 2.62 bits per heavy atom. The number of alkyl halides is 1. The SMILES string of the molecule is [2H]C1(I)O[C@H](CO)[C@@H](O)[C@H](O)[C@H]1OC. The Balaban J connectivity index is 2.83. The minimum absolute atomic E-state index is 0.446. The van der Waals surface area contributed by atoms with Gasteiger partial charge in [-0.2, -0.15) is 0 Å². The Morgan fingerprint density at radius 2 is 2.15 bits per heavy atom. The van der Waals surface area contributed by atoms with Crippen molar-refractivity contribution >= 4 is 22.6 Å². The molecule has 1 saturated heterocycles. The molecule has 1 unspecified atom stereocenters. The van der Waals surface area contributed by atoms with Gasteiger partial charge in [-0.25, -0.2) is 0 Å². The van der Waals surface area contributed by atoms with Crippen LogP contribution in [0.3, 0.4) is 0 Å². The molecule has 6 heteroatoms. The van der Waals surface area contributed by atoms with Gasteiger partial charge < -0.3 is 24.8 Å². The smallest absolute Gasteiger partial charge is 0.138 e. The second-order valence-electron chi connectivity index (χ2n) is 2.78. The van der Waals surface area contributed by atoms with E-state index in [1.807, 2.05) is 0 Å². The third-order valence-electron chi connectivity index (χ3n) is 1.96. The van der Waals surface area contributed by atoms with E-state index in [0.717, 1.165) is 0 Å². The van der Waals surface area contributed by atoms with Crippen LogP contribution in [0.5, 0.6) is 0 Å². The summed E-state index contributed by atoms with van der Waals surface area (Å²) >= 11 is 1.65. The van der Waals surface area contributed by atoms with Crippen LogP contribution < -0.4 is 0 Å². The number of rotatable bonds is 2. The molecule has 0 bridgehead atoms. The average Bonchev–Trinajstić information content (AvgIpc) is 2.12. The quantitative estimate of drug-likeness (QED) is 0.445. The van der Waals surface area contributed by atoms with Gasteiger partial charge in [-0.15, -0.1) is 0 Å². The van der Waals surface area contributed by atoms with Crippen molar-refractivity contribution in [3.8, 4) is 0 Å². The van der Waals surface area contributed by atoms with Crippen molar-refractivity contribution in [1.82, 2.24) is 0 Å². The monoisotopic (exact) mass is 305 g/mol. The number of hydrogen-bond acceptors (Lipinski definition) is 5. The first-order chi connectivity index (χ1) is 6.44. The van der Waals surface area contributed by atoms with Crippen molar-refractivity contribution in [1.29, 1.82) is 0 Å². The fourth-order valence-electron chi connectivity index (χ4n) is 1.19. The van der Waals surface area contributed by atoms with Crippen LogP contribution in [0, 0.1) is 0 Å². The molecule has 3 N–H and O–H groups in total. The van der Waals surface area contributed by atoms with Crippen molar-refractivity contribution in [2.75, 3.05) is 13.7 Å². The molecule has 0 saturated carbocycles. The third kappa shape index (κ3) is 2.31. The molecular formula is C7H13IO5. The number of aliphatic hydroxyl groups is 3. The van der Waals surface area contributed by atoms with E-state index in [-0.39, 0.29) is 0 Å². The molecule has 0 aromatic carbocycles. The molecule has 0 aromatic rings. The Hall–Kier alpha value is 0.530. The maximum absolute atomic E-state index is 9.58. The molecular weight excluding hydrogens is 291 g/mol. The lowest BCUT2D eigenvalue weighted by molar-refractivity contribution is -0.208. The van der Waals surface area contributed by atoms with E-state index in [2.05, 4.69) is 0 Å². The third-order valence-corrected chi connectivity index (χ3v) is 2.83. The summed E-state index contributed by atoms with van der Waals surface area (Å²) in [6.45, 7) is -0.446. The van der Waals surface area contributed by atoms with Gasteiger partial charge in [0, 0.05) is 7.11 Å². The normalized spacial score (nSPS) is 53.2. The van der Waals surface area contributed by atoms with Crippen molar-refractivity contribution in [3.05, 3.63) is 0 Å². The van der Waals surface area contributed by atoms with E-state index >= 15 is 0 Å². The molecule has 1 rings (SSSR count). The molecule has 1 heterocycles. The predicted octanol–water partition coefficient (Wildman–Crippen LogP) is -1.12. The zero-order chi connectivity index (χ0) is 10.9. The van der Waals surface area contributed by atoms with Crippen LogP contribution in [0.1, 0.15) is 1.37 Å². The van der Waals surface area contributed by atoms with Gasteiger partial charge in [-0.1, -0.05) is 0 Å². The molecule has 1 aliphatic rings. The largest absolute Gasteiger partial charge is 0.394 e. The summed E-state index contributed by atoms with van der Waals surface area (Å²) in [5.74, 6) is 0. The van der Waals surface area contributed by atoms with E-state index in [1.165, 1.54) is 7.11 Å². The molecule has 1 aliphatic heterocycles. The highest BCUT2D eigenvalue weighted by Gasteiger charge is 2.43. The van der Waals surface area contributed by atoms with E-state index in [1.54, 1.807) is 22.6 Å². The second-order valence-corrected chi connectivity index (χ2v) is 3.84. The van der Waals surface area contributed by atoms with Crippen LogP contribution >= 0.6 is 22.6 Å². The first-order valence-electron chi connectivity index (χ1n) is 4.30. The van der Waals surface area contributed by atoms with E-state index in [4.69, 9.17) is 16.0 Å². The zero-order valence-corrected chi connectivity index (χ0v) is 9.21. The van der Waals surface area contributed by atoms with Gasteiger partial charge in [-0.3, -0.25) is 0 Å². The van der Waals surface area contributed by atoms with Crippen LogP contribution in [0.2, 0.25) is 0 Å². The summed E-state index contributed by atoms with van der Waals surface area (Å²) in [5, 5.41) is 27.9. The zero-order valence-electron chi connectivity index (χ0n) is 8.05. The molecule has 0 amide bonds. The van der Waals surface area contributed by atoms with Crippen LogP contribution in [-0.2, 0) is 9.47 Å². The maximum atomic E-state index is 9.58. The fourth-order valence-corrected chi connectivity index (χ4v) is 2.14. The number of hydrogen-bond donors (Lipinski definition) is 3. The van der Waals surface area contributed by atoms with E-state index < -0.39 is 35.1 Å². The van der Waals surface area contributed by atoms with Gasteiger partial charge in [0.25, 0.3) is 0 Å². The van der Waals surface area contributed by atoms with Crippen LogP contribution in [0.15, 0.2) is 0 Å². The topological polar surface area (TPSA) is 79.2 Å². The van der Waals surface area contributed by atoms with Crippen molar-refractivity contribution in [2.24, 2.45) is 0 Å². The Labute approximate surface area is 91.2 Å². The Kier molecular flexibility index (Phi) is 3.75. The minimum atomic E-state index is -1.50. The second kappa shape index (κ2) is 4.85. The molecule has 13 heavy (non-hydrogen) atoms. The highest BCUT2D eigenvalue weighted by molar-refractivity contribution is 14.1. The molecule has 1 fully saturated rings. The van der Waals surface area contributed by atoms with Crippen molar-refractivity contribution in [3.63, 3.8) is 0 Å². The number of methoxy groups -OCH3 is 1. The predicted molar refractivity (Wildman–Crippen MR) is 52.6 cm³/mol. The molecule has 0 aliphatic carbocycles. The molecule has 78 valence electrons. The van der Waals surface area contributed by atoms with Gasteiger partial charge in [0.1, 0.15) is 28.5 Å². The van der Waals surface area contributed by atoms with Gasteiger partial charge in [0.15, 0.2) is 0 Å². The summed E-state index contributed by atoms with van der Waals surface area (Å²) in [7, 11) is 1.32. The van der Waals surface area contributed by atoms with Gasteiger partial charge in [0.05, 0.1) is 7.98 Å². The highest BCUT2D eigenvalue weighted by Crippen LogP contribution is 2.26. The van der Waals surface area contributed by atoms with Crippen molar-refractivity contribution < 1.29 is 26.2 Å². The highest BCUT2D eigenvalue weighted by atomic mass is 127. The van der Waals surface area contributed by atoms with Crippen LogP contribution in [0.4, 0.5) is 0 Å². The standard InChI is InChI=1S/C7H13IO5/c1-12-6-5(11)4(10)3(2-9)13-7(6)8/h3-7,9-11H,2H2,1H3/t3-,4-,5+,6-,7?/m1/s1/i7D. The van der Waals surface area contributed by atoms with Crippen LogP contribution in [-0.4, -0.2) is 57.5 Å². The molecule has 0 aromatic heterocycles. The minimum Gasteiger partial charge on any atom is -0.394 e. The van der Waals surface area contributed by atoms with E-state index in [9.17, 15) is 10.2 Å². The maximum Gasteiger partial charge on any atom is 0.138 e. The van der Waals surface area contributed by atoms with Crippen molar-refractivity contribution in [2.45, 2.75) is 28.5 Å². The Bertz CT molecular complexity index is 203. The lowest BCUT2D eigenvalue weighted by Crippen LogP contribution is -2.57. The summed E-state index contributed by atoms with van der Waals surface area (Å²) in [5.41, 5.74) is 0. The molecule has 0 spiro atoms.